The number of nitriles is 1. The zero-order valence-corrected chi connectivity index (χ0v) is 34.8. The van der Waals surface area contributed by atoms with E-state index in [1.54, 1.807) is 18.3 Å². The van der Waals surface area contributed by atoms with E-state index in [-0.39, 0.29) is 5.82 Å². The van der Waals surface area contributed by atoms with Gasteiger partial charge in [-0.15, -0.1) is 0 Å². The van der Waals surface area contributed by atoms with Gasteiger partial charge in [-0.1, -0.05) is 36.4 Å². The number of nitrogens with zero attached hydrogens (tertiary/aromatic N) is 5. The van der Waals surface area contributed by atoms with E-state index in [0.717, 1.165) is 73.0 Å². The predicted octanol–water partition coefficient (Wildman–Crippen LogP) is 8.25. The van der Waals surface area contributed by atoms with Gasteiger partial charge in [0.05, 0.1) is 35.7 Å². The normalized spacial score (nSPS) is 14.2. The minimum absolute atomic E-state index is 0.361. The molecule has 0 aliphatic carbocycles. The van der Waals surface area contributed by atoms with Gasteiger partial charge in [0.15, 0.2) is 0 Å². The van der Waals surface area contributed by atoms with Crippen LogP contribution in [0.3, 0.4) is 0 Å². The third kappa shape index (κ3) is 9.67. The third-order valence-corrected chi connectivity index (χ3v) is 13.1. The first kappa shape index (κ1) is 41.2. The Kier molecular flexibility index (Phi) is 11.9. The van der Waals surface area contributed by atoms with Gasteiger partial charge in [-0.05, 0) is 121 Å². The minimum atomic E-state index is -3.21. The summed E-state index contributed by atoms with van der Waals surface area (Å²) >= 11 is 0. The van der Waals surface area contributed by atoms with Crippen molar-refractivity contribution in [3.8, 4) is 28.6 Å². The molecule has 14 heteroatoms. The van der Waals surface area contributed by atoms with Crippen molar-refractivity contribution in [2.75, 3.05) is 36.2 Å². The summed E-state index contributed by atoms with van der Waals surface area (Å²) in [5, 5.41) is 15.9. The molecule has 0 amide bonds. The Morgan fingerprint density at radius 3 is 1.53 bits per heavy atom. The number of fused-ring (bicyclic) bond motifs is 2. The number of rotatable bonds is 8. The van der Waals surface area contributed by atoms with E-state index >= 15 is 0 Å². The standard InChI is InChI=1S/C23H22N4O2S.C22H22FN3O2S/c1-16-6-8-19(12-21(16)22-9-7-17(13-24)14-25-22)26-23-5-3-4-18-15-27(30(2,28)29)11-10-20(18)23;1-15-6-8-18(12-20(15)21-9-7-17(23)13-24-21)25-22-5-3-4-16-14-26(29(2,27)28)11-10-19(16)22/h3-9,12,14,26H,10-11,15H2,1-2H3;3-9,12-13,25H,10-11,14H2,1-2H3. The summed E-state index contributed by atoms with van der Waals surface area (Å²) in [6.07, 6.45) is 6.62. The molecule has 4 heterocycles. The maximum Gasteiger partial charge on any atom is 0.211 e. The summed E-state index contributed by atoms with van der Waals surface area (Å²) in [6.45, 7) is 5.78. The van der Waals surface area contributed by atoms with Crippen molar-refractivity contribution >= 4 is 42.8 Å². The maximum absolute atomic E-state index is 13.2. The molecule has 0 unspecified atom stereocenters. The average molecular weight is 830 g/mol. The molecular formula is C45H44FN7O4S2. The molecule has 2 aromatic heterocycles. The zero-order chi connectivity index (χ0) is 41.9. The molecule has 59 heavy (non-hydrogen) atoms. The SMILES string of the molecule is Cc1ccc(Nc2cccc3c2CCN(S(C)(=O)=O)C3)cc1-c1ccc(C#N)cn1.Cc1ccc(Nc2cccc3c2CCN(S(C)(=O)=O)C3)cc1-c1ccc(F)cn1. The highest BCUT2D eigenvalue weighted by Crippen LogP contribution is 2.34. The number of aromatic nitrogens is 2. The van der Waals surface area contributed by atoms with Crippen LogP contribution in [0.15, 0.2) is 109 Å². The number of nitrogens with one attached hydrogen (secondary N) is 2. The molecule has 0 spiro atoms. The third-order valence-electron chi connectivity index (χ3n) is 10.6. The van der Waals surface area contributed by atoms with Gasteiger partial charge in [0.2, 0.25) is 20.0 Å². The van der Waals surface area contributed by atoms with Crippen LogP contribution in [0.2, 0.25) is 0 Å². The second-order valence-electron chi connectivity index (χ2n) is 14.8. The van der Waals surface area contributed by atoms with E-state index < -0.39 is 20.0 Å². The highest BCUT2D eigenvalue weighted by atomic mass is 32.2. The lowest BCUT2D eigenvalue weighted by Gasteiger charge is -2.28. The van der Waals surface area contributed by atoms with Crippen LogP contribution >= 0.6 is 0 Å². The highest BCUT2D eigenvalue weighted by Gasteiger charge is 2.26. The highest BCUT2D eigenvalue weighted by molar-refractivity contribution is 7.88. The van der Waals surface area contributed by atoms with Gasteiger partial charge >= 0.3 is 0 Å². The minimum Gasteiger partial charge on any atom is -0.355 e. The maximum atomic E-state index is 13.2. The van der Waals surface area contributed by atoms with Crippen LogP contribution in [0.4, 0.5) is 27.1 Å². The fraction of sp³-hybridized carbons (Fsp3) is 0.222. The second-order valence-corrected chi connectivity index (χ2v) is 18.8. The first-order valence-electron chi connectivity index (χ1n) is 19.0. The Morgan fingerprint density at radius 1 is 0.644 bits per heavy atom. The van der Waals surface area contributed by atoms with Crippen LogP contribution in [0.5, 0.6) is 0 Å². The second kappa shape index (κ2) is 17.1. The number of sulfonamides is 2. The molecule has 0 fully saturated rings. The molecule has 0 atom stereocenters. The number of aryl methyl sites for hydroxylation is 2. The van der Waals surface area contributed by atoms with E-state index in [1.807, 2.05) is 86.6 Å². The first-order chi connectivity index (χ1) is 28.2. The molecule has 2 N–H and O–H groups in total. The molecule has 6 aromatic rings. The van der Waals surface area contributed by atoms with Crippen molar-refractivity contribution in [1.82, 2.24) is 18.6 Å². The van der Waals surface area contributed by atoms with Crippen LogP contribution in [0.1, 0.15) is 38.9 Å². The van der Waals surface area contributed by atoms with Crippen LogP contribution in [0, 0.1) is 31.0 Å². The lowest BCUT2D eigenvalue weighted by atomic mass is 9.98. The molecule has 2 aliphatic heterocycles. The Balaban J connectivity index is 0.000000179. The van der Waals surface area contributed by atoms with Gasteiger partial charge in [-0.3, -0.25) is 9.97 Å². The van der Waals surface area contributed by atoms with Crippen molar-refractivity contribution < 1.29 is 21.2 Å². The van der Waals surface area contributed by atoms with Crippen molar-refractivity contribution in [2.45, 2.75) is 39.8 Å². The number of anilines is 4. The van der Waals surface area contributed by atoms with Gasteiger partial charge in [0, 0.05) is 66.3 Å². The van der Waals surface area contributed by atoms with Crippen molar-refractivity contribution in [3.63, 3.8) is 0 Å². The van der Waals surface area contributed by atoms with Gasteiger partial charge < -0.3 is 10.6 Å². The number of pyridine rings is 2. The molecule has 302 valence electrons. The lowest BCUT2D eigenvalue weighted by molar-refractivity contribution is 0.395. The fourth-order valence-corrected chi connectivity index (χ4v) is 8.98. The summed E-state index contributed by atoms with van der Waals surface area (Å²) in [6, 6.07) is 32.8. The Labute approximate surface area is 345 Å². The van der Waals surface area contributed by atoms with Gasteiger partial charge in [0.25, 0.3) is 0 Å². The molecule has 11 nitrogen and oxygen atoms in total. The average Bonchev–Trinajstić information content (AvgIpc) is 3.22. The van der Waals surface area contributed by atoms with Crippen molar-refractivity contribution in [2.24, 2.45) is 0 Å². The van der Waals surface area contributed by atoms with Crippen LogP contribution in [-0.2, 0) is 46.0 Å². The quantitative estimate of drug-likeness (QED) is 0.155. The molecule has 0 radical (unpaired) electrons. The van der Waals surface area contributed by atoms with Crippen molar-refractivity contribution in [1.29, 1.82) is 5.26 Å². The van der Waals surface area contributed by atoms with Crippen LogP contribution < -0.4 is 10.6 Å². The Morgan fingerprint density at radius 2 is 1.12 bits per heavy atom. The number of hydrogen-bond acceptors (Lipinski definition) is 9. The monoisotopic (exact) mass is 829 g/mol. The van der Waals surface area contributed by atoms with E-state index in [9.17, 15) is 21.2 Å². The number of benzene rings is 4. The summed E-state index contributed by atoms with van der Waals surface area (Å²) in [4.78, 5) is 8.61. The molecule has 0 saturated carbocycles. The van der Waals surface area contributed by atoms with Gasteiger partial charge in [-0.25, -0.2) is 21.2 Å². The number of hydrogen-bond donors (Lipinski definition) is 2. The predicted molar refractivity (Wildman–Crippen MR) is 231 cm³/mol. The van der Waals surface area contributed by atoms with E-state index in [2.05, 4.69) is 32.7 Å². The van der Waals surface area contributed by atoms with Gasteiger partial charge in [0.1, 0.15) is 11.9 Å². The molecule has 2 aliphatic rings. The summed E-state index contributed by atoms with van der Waals surface area (Å²) in [5.74, 6) is -0.361. The summed E-state index contributed by atoms with van der Waals surface area (Å²) in [5.41, 5.74) is 14.2. The van der Waals surface area contributed by atoms with Gasteiger partial charge in [-0.2, -0.15) is 13.9 Å². The Bertz CT molecular complexity index is 2790. The summed E-state index contributed by atoms with van der Waals surface area (Å²) in [7, 11) is -6.41. The van der Waals surface area contributed by atoms with Crippen LogP contribution in [-0.4, -0.2) is 61.0 Å². The smallest absolute Gasteiger partial charge is 0.211 e. The molecule has 8 rings (SSSR count). The molecular weight excluding hydrogens is 786 g/mol. The Hall–Kier alpha value is -5.98. The van der Waals surface area contributed by atoms with E-state index in [1.165, 1.54) is 33.4 Å². The molecule has 0 saturated heterocycles. The fourth-order valence-electron chi connectivity index (χ4n) is 7.38. The largest absolute Gasteiger partial charge is 0.355 e. The van der Waals surface area contributed by atoms with E-state index in [4.69, 9.17) is 5.26 Å². The summed E-state index contributed by atoms with van der Waals surface area (Å²) < 4.78 is 63.8. The van der Waals surface area contributed by atoms with Crippen LogP contribution in [0.25, 0.3) is 22.5 Å². The zero-order valence-electron chi connectivity index (χ0n) is 33.2. The van der Waals surface area contributed by atoms with Crippen molar-refractivity contribution in [3.05, 3.63) is 154 Å². The topological polar surface area (TPSA) is 148 Å². The first-order valence-corrected chi connectivity index (χ1v) is 22.7. The number of halogens is 1. The van der Waals surface area contributed by atoms with E-state index in [0.29, 0.717) is 50.3 Å². The molecule has 4 aromatic carbocycles. The molecule has 0 bridgehead atoms. The lowest BCUT2D eigenvalue weighted by Crippen LogP contribution is -2.35.